The lowest BCUT2D eigenvalue weighted by Gasteiger charge is -2.35. The van der Waals surface area contributed by atoms with Gasteiger partial charge in [0.2, 0.25) is 0 Å². The van der Waals surface area contributed by atoms with Crippen molar-refractivity contribution in [2.45, 2.75) is 50.2 Å². The Morgan fingerprint density at radius 2 is 2.21 bits per heavy atom. The molecule has 1 aromatic carbocycles. The Labute approximate surface area is 190 Å². The van der Waals surface area contributed by atoms with Gasteiger partial charge in [-0.2, -0.15) is 0 Å². The van der Waals surface area contributed by atoms with E-state index in [9.17, 15) is 0 Å². The Hall–Kier alpha value is -0.570. The lowest BCUT2D eigenvalue weighted by molar-refractivity contribution is -0.0453. The van der Waals surface area contributed by atoms with Crippen LogP contribution in [0.1, 0.15) is 38.2 Å². The van der Waals surface area contributed by atoms with Crippen LogP contribution in [0, 0.1) is 0 Å². The van der Waals surface area contributed by atoms with Crippen LogP contribution >= 0.6 is 35.6 Å². The molecule has 2 N–H and O–H groups in total. The second-order valence-corrected chi connectivity index (χ2v) is 8.55. The molecule has 28 heavy (non-hydrogen) atoms. The molecule has 3 fully saturated rings. The molecule has 156 valence electrons. The van der Waals surface area contributed by atoms with Crippen molar-refractivity contribution in [2.24, 2.45) is 4.99 Å². The van der Waals surface area contributed by atoms with Gasteiger partial charge in [0.15, 0.2) is 5.96 Å². The Balaban J connectivity index is 0.00000225. The van der Waals surface area contributed by atoms with Crippen molar-refractivity contribution in [2.75, 3.05) is 39.3 Å². The third-order valence-electron chi connectivity index (χ3n) is 6.13. The van der Waals surface area contributed by atoms with Crippen LogP contribution in [-0.4, -0.2) is 62.3 Å². The van der Waals surface area contributed by atoms with E-state index in [4.69, 9.17) is 21.3 Å². The summed E-state index contributed by atoms with van der Waals surface area (Å²) in [7, 11) is 0. The monoisotopic (exact) mass is 518 g/mol. The second-order valence-electron chi connectivity index (χ2n) is 8.11. The molecule has 1 aliphatic carbocycles. The van der Waals surface area contributed by atoms with E-state index in [1.807, 2.05) is 12.1 Å². The van der Waals surface area contributed by atoms with E-state index in [0.29, 0.717) is 6.04 Å². The summed E-state index contributed by atoms with van der Waals surface area (Å²) < 4.78 is 6.06. The fourth-order valence-electron chi connectivity index (χ4n) is 4.30. The summed E-state index contributed by atoms with van der Waals surface area (Å²) in [6.45, 7) is 7.69. The largest absolute Gasteiger partial charge is 0.373 e. The summed E-state index contributed by atoms with van der Waals surface area (Å²) in [5.41, 5.74) is 1.47. The van der Waals surface area contributed by atoms with Gasteiger partial charge in [-0.05, 0) is 56.8 Å². The Kier molecular flexibility index (Phi) is 7.87. The van der Waals surface area contributed by atoms with Gasteiger partial charge < -0.3 is 15.4 Å². The molecule has 2 saturated heterocycles. The maximum Gasteiger partial charge on any atom is 0.191 e. The Morgan fingerprint density at radius 3 is 2.96 bits per heavy atom. The molecule has 7 heteroatoms. The molecule has 2 heterocycles. The minimum absolute atomic E-state index is 0. The number of benzene rings is 1. The molecule has 5 nitrogen and oxygen atoms in total. The van der Waals surface area contributed by atoms with Gasteiger partial charge in [-0.15, -0.1) is 24.0 Å². The molecule has 0 spiro atoms. The predicted molar refractivity (Wildman–Crippen MR) is 126 cm³/mol. The highest BCUT2D eigenvalue weighted by atomic mass is 127. The molecular formula is C21H32ClIN4O. The highest BCUT2D eigenvalue weighted by Crippen LogP contribution is 2.48. The summed E-state index contributed by atoms with van der Waals surface area (Å²) in [5, 5.41) is 7.68. The molecule has 0 aromatic heterocycles. The molecule has 0 amide bonds. The van der Waals surface area contributed by atoms with Crippen LogP contribution in [0.25, 0.3) is 0 Å². The number of aliphatic imine (C=N–C) groups is 1. The lowest BCUT2D eigenvalue weighted by atomic mass is 9.96. The minimum Gasteiger partial charge on any atom is -0.373 e. The number of nitrogens with zero attached hydrogens (tertiary/aromatic N) is 2. The number of morpholine rings is 1. The molecule has 1 saturated carbocycles. The highest BCUT2D eigenvalue weighted by molar-refractivity contribution is 14.0. The number of hydrogen-bond acceptors (Lipinski definition) is 3. The number of rotatable bonds is 6. The van der Waals surface area contributed by atoms with Crippen LogP contribution in [-0.2, 0) is 10.2 Å². The van der Waals surface area contributed by atoms with E-state index in [1.54, 1.807) is 0 Å². The van der Waals surface area contributed by atoms with Gasteiger partial charge in [0.05, 0.1) is 19.3 Å². The zero-order valence-corrected chi connectivity index (χ0v) is 19.7. The molecule has 0 bridgehead atoms. The van der Waals surface area contributed by atoms with Crippen LogP contribution in [0.5, 0.6) is 0 Å². The number of fused-ring (bicyclic) bond motifs is 1. The van der Waals surface area contributed by atoms with Crippen LogP contribution in [0.2, 0.25) is 5.02 Å². The van der Waals surface area contributed by atoms with Crippen molar-refractivity contribution in [1.82, 2.24) is 15.5 Å². The van der Waals surface area contributed by atoms with Gasteiger partial charge in [0.25, 0.3) is 0 Å². The summed E-state index contributed by atoms with van der Waals surface area (Å²) >= 11 is 6.19. The number of guanidine groups is 1. The summed E-state index contributed by atoms with van der Waals surface area (Å²) in [5.74, 6) is 0.887. The van der Waals surface area contributed by atoms with Crippen molar-refractivity contribution in [3.05, 3.63) is 34.9 Å². The Bertz CT molecular complexity index is 682. The fourth-order valence-corrected chi connectivity index (χ4v) is 4.49. The van der Waals surface area contributed by atoms with E-state index in [0.717, 1.165) is 43.8 Å². The van der Waals surface area contributed by atoms with Crippen molar-refractivity contribution in [3.63, 3.8) is 0 Å². The van der Waals surface area contributed by atoms with Gasteiger partial charge in [0, 0.05) is 36.1 Å². The van der Waals surface area contributed by atoms with Crippen LogP contribution in [0.3, 0.4) is 0 Å². The second kappa shape index (κ2) is 9.96. The standard InChI is InChI=1S/C21H31ClN4O.HI/c1-2-23-20(24-12-19-13-26-10-4-7-18(26)14-27-19)25-15-21(8-9-21)16-5-3-6-17(22)11-16;/h3,5-6,11,18-19H,2,4,7-10,12-15H2,1H3,(H2,23,24,25);1H. The molecule has 0 radical (unpaired) electrons. The van der Waals surface area contributed by atoms with Crippen LogP contribution in [0.15, 0.2) is 29.3 Å². The van der Waals surface area contributed by atoms with Crippen LogP contribution < -0.4 is 10.6 Å². The first-order valence-electron chi connectivity index (χ1n) is 10.3. The molecule has 4 rings (SSSR count). The van der Waals surface area contributed by atoms with Gasteiger partial charge in [-0.1, -0.05) is 23.7 Å². The van der Waals surface area contributed by atoms with E-state index in [1.165, 1.54) is 37.8 Å². The van der Waals surface area contributed by atoms with Crippen molar-refractivity contribution in [1.29, 1.82) is 0 Å². The average molecular weight is 519 g/mol. The predicted octanol–water partition coefficient (Wildman–Crippen LogP) is 3.41. The van der Waals surface area contributed by atoms with Crippen LogP contribution in [0.4, 0.5) is 0 Å². The average Bonchev–Trinajstić information content (AvgIpc) is 3.33. The van der Waals surface area contributed by atoms with E-state index in [-0.39, 0.29) is 35.5 Å². The van der Waals surface area contributed by atoms with Gasteiger partial charge in [-0.3, -0.25) is 9.89 Å². The maximum atomic E-state index is 6.19. The molecule has 1 aromatic rings. The first-order chi connectivity index (χ1) is 13.2. The lowest BCUT2D eigenvalue weighted by Crippen LogP contribution is -2.51. The number of nitrogens with one attached hydrogen (secondary N) is 2. The Morgan fingerprint density at radius 1 is 1.36 bits per heavy atom. The number of ether oxygens (including phenoxy) is 1. The van der Waals surface area contributed by atoms with E-state index >= 15 is 0 Å². The molecule has 2 aliphatic heterocycles. The smallest absolute Gasteiger partial charge is 0.191 e. The van der Waals surface area contributed by atoms with E-state index < -0.39 is 0 Å². The molecule has 2 atom stereocenters. The highest BCUT2D eigenvalue weighted by Gasteiger charge is 2.44. The van der Waals surface area contributed by atoms with Gasteiger partial charge >= 0.3 is 0 Å². The molecular weight excluding hydrogens is 487 g/mol. The van der Waals surface area contributed by atoms with E-state index in [2.05, 4.69) is 34.6 Å². The first-order valence-corrected chi connectivity index (χ1v) is 10.7. The van der Waals surface area contributed by atoms with Crippen molar-refractivity contribution in [3.8, 4) is 0 Å². The summed E-state index contributed by atoms with van der Waals surface area (Å²) in [6, 6.07) is 8.89. The number of halogens is 2. The maximum absolute atomic E-state index is 6.19. The van der Waals surface area contributed by atoms with Crippen molar-refractivity contribution >= 4 is 41.5 Å². The zero-order chi connectivity index (χ0) is 18.7. The topological polar surface area (TPSA) is 48.9 Å². The van der Waals surface area contributed by atoms with Gasteiger partial charge in [-0.25, -0.2) is 0 Å². The molecule has 3 aliphatic rings. The zero-order valence-electron chi connectivity index (χ0n) is 16.6. The van der Waals surface area contributed by atoms with Gasteiger partial charge in [0.1, 0.15) is 0 Å². The third kappa shape index (κ3) is 5.32. The fraction of sp³-hybridized carbons (Fsp3) is 0.667. The number of hydrogen-bond donors (Lipinski definition) is 2. The SMILES string of the molecule is CCNC(=NCC1(c2cccc(Cl)c2)CC1)NCC1CN2CCCC2CO1.I. The van der Waals surface area contributed by atoms with Crippen molar-refractivity contribution < 1.29 is 4.74 Å². The minimum atomic E-state index is 0. The normalized spacial score (nSPS) is 26.3. The molecule has 2 unspecified atom stereocenters. The summed E-state index contributed by atoms with van der Waals surface area (Å²) in [4.78, 5) is 7.47. The third-order valence-corrected chi connectivity index (χ3v) is 6.37. The summed E-state index contributed by atoms with van der Waals surface area (Å²) in [6.07, 6.45) is 5.20. The first kappa shape index (κ1) is 22.1. The quantitative estimate of drug-likeness (QED) is 0.344.